The van der Waals surface area contributed by atoms with Crippen LogP contribution in [0.1, 0.15) is 27.2 Å². The van der Waals surface area contributed by atoms with Crippen molar-refractivity contribution in [2.24, 2.45) is 11.1 Å². The van der Waals surface area contributed by atoms with Crippen LogP contribution in [0.4, 0.5) is 0 Å². The van der Waals surface area contributed by atoms with Gasteiger partial charge in [0.1, 0.15) is 5.75 Å². The van der Waals surface area contributed by atoms with E-state index >= 15 is 0 Å². The molecule has 0 aliphatic carbocycles. The summed E-state index contributed by atoms with van der Waals surface area (Å²) in [6.07, 6.45) is 0.374. The number of nitrogens with zero attached hydrogens (tertiary/aromatic N) is 1. The molecule has 1 aromatic rings. The predicted molar refractivity (Wildman–Crippen MR) is 79.5 cm³/mol. The molecule has 0 radical (unpaired) electrons. The Morgan fingerprint density at radius 2 is 2.05 bits per heavy atom. The molecule has 0 saturated carbocycles. The van der Waals surface area contributed by atoms with Gasteiger partial charge in [-0.25, -0.2) is 0 Å². The van der Waals surface area contributed by atoms with Crippen molar-refractivity contribution in [2.45, 2.75) is 39.3 Å². The van der Waals surface area contributed by atoms with E-state index in [0.717, 1.165) is 12.2 Å². The average Bonchev–Trinajstić information content (AvgIpc) is 2.42. The van der Waals surface area contributed by atoms with Gasteiger partial charge in [-0.2, -0.15) is 0 Å². The highest BCUT2D eigenvalue weighted by molar-refractivity contribution is 5.81. The van der Waals surface area contributed by atoms with Crippen LogP contribution < -0.4 is 10.5 Å². The fourth-order valence-electron chi connectivity index (χ4n) is 2.57. The summed E-state index contributed by atoms with van der Waals surface area (Å²) in [5, 5.41) is 0. The molecule has 2 unspecified atom stereocenters. The molecule has 2 N–H and O–H groups in total. The third-order valence-corrected chi connectivity index (χ3v) is 4.03. The van der Waals surface area contributed by atoms with Gasteiger partial charge in [-0.15, -0.1) is 0 Å². The van der Waals surface area contributed by atoms with E-state index in [1.165, 1.54) is 0 Å². The van der Waals surface area contributed by atoms with Gasteiger partial charge in [-0.05, 0) is 30.9 Å². The van der Waals surface area contributed by atoms with Crippen LogP contribution in [0, 0.1) is 5.41 Å². The first-order valence-corrected chi connectivity index (χ1v) is 7.16. The molecule has 2 atom stereocenters. The van der Waals surface area contributed by atoms with Gasteiger partial charge in [-0.1, -0.05) is 32.0 Å². The number of para-hydroxylation sites is 1. The average molecular weight is 276 g/mol. The number of amides is 1. The molecule has 2 rings (SSSR count). The van der Waals surface area contributed by atoms with Crippen LogP contribution in [-0.2, 0) is 4.79 Å². The molecule has 1 aliphatic heterocycles. The van der Waals surface area contributed by atoms with Crippen molar-refractivity contribution in [1.29, 1.82) is 0 Å². The van der Waals surface area contributed by atoms with E-state index in [-0.39, 0.29) is 17.4 Å². The summed E-state index contributed by atoms with van der Waals surface area (Å²) in [5.41, 5.74) is 6.06. The number of piperidine rings is 1. The molecule has 110 valence electrons. The number of carbonyl (C=O) groups excluding carboxylic acids is 1. The molecule has 1 fully saturated rings. The molecule has 1 heterocycles. The van der Waals surface area contributed by atoms with Crippen molar-refractivity contribution >= 4 is 5.91 Å². The second-order valence-electron chi connectivity index (χ2n) is 6.22. The van der Waals surface area contributed by atoms with E-state index in [1.54, 1.807) is 6.92 Å². The van der Waals surface area contributed by atoms with E-state index in [1.807, 2.05) is 35.2 Å². The van der Waals surface area contributed by atoms with Gasteiger partial charge < -0.3 is 15.4 Å². The van der Waals surface area contributed by atoms with Gasteiger partial charge >= 0.3 is 0 Å². The normalized spacial score (nSPS) is 23.2. The third kappa shape index (κ3) is 3.31. The highest BCUT2D eigenvalue weighted by atomic mass is 16.5. The van der Waals surface area contributed by atoms with Crippen molar-refractivity contribution < 1.29 is 9.53 Å². The molecule has 4 nitrogen and oxygen atoms in total. The summed E-state index contributed by atoms with van der Waals surface area (Å²) in [4.78, 5) is 14.3. The molecule has 0 bridgehead atoms. The lowest BCUT2D eigenvalue weighted by molar-refractivity contribution is -0.141. The van der Waals surface area contributed by atoms with E-state index in [2.05, 4.69) is 13.8 Å². The first kappa shape index (κ1) is 14.9. The number of benzene rings is 1. The first-order chi connectivity index (χ1) is 9.40. The topological polar surface area (TPSA) is 55.6 Å². The Morgan fingerprint density at radius 1 is 1.40 bits per heavy atom. The number of rotatable bonds is 3. The highest BCUT2D eigenvalue weighted by Crippen LogP contribution is 2.28. The maximum absolute atomic E-state index is 12.5. The molecule has 1 aliphatic rings. The van der Waals surface area contributed by atoms with Crippen LogP contribution in [0.3, 0.4) is 0 Å². The van der Waals surface area contributed by atoms with Gasteiger partial charge in [0.15, 0.2) is 6.10 Å². The molecule has 1 saturated heterocycles. The van der Waals surface area contributed by atoms with E-state index < -0.39 is 6.10 Å². The molecule has 20 heavy (non-hydrogen) atoms. The lowest BCUT2D eigenvalue weighted by atomic mass is 9.79. The number of carbonyl (C=O) groups is 1. The Labute approximate surface area is 120 Å². The minimum Gasteiger partial charge on any atom is -0.481 e. The van der Waals surface area contributed by atoms with Crippen molar-refractivity contribution in [3.8, 4) is 5.75 Å². The lowest BCUT2D eigenvalue weighted by Gasteiger charge is -2.43. The smallest absolute Gasteiger partial charge is 0.263 e. The highest BCUT2D eigenvalue weighted by Gasteiger charge is 2.36. The van der Waals surface area contributed by atoms with Crippen molar-refractivity contribution in [1.82, 2.24) is 4.90 Å². The summed E-state index contributed by atoms with van der Waals surface area (Å²) in [6.45, 7) is 7.43. The Bertz CT molecular complexity index is 459. The number of ether oxygens (including phenoxy) is 1. The zero-order valence-electron chi connectivity index (χ0n) is 12.5. The zero-order chi connectivity index (χ0) is 14.8. The number of hydrogen-bond donors (Lipinski definition) is 1. The molecule has 4 heteroatoms. The summed E-state index contributed by atoms with van der Waals surface area (Å²) >= 11 is 0. The predicted octanol–water partition coefficient (Wildman–Crippen LogP) is 2.04. The second-order valence-corrected chi connectivity index (χ2v) is 6.22. The van der Waals surface area contributed by atoms with Gasteiger partial charge in [-0.3, -0.25) is 4.79 Å². The van der Waals surface area contributed by atoms with Crippen LogP contribution in [0.5, 0.6) is 5.75 Å². The Morgan fingerprint density at radius 3 is 2.65 bits per heavy atom. The fraction of sp³-hybridized carbons (Fsp3) is 0.562. The number of likely N-dealkylation sites (tertiary alicyclic amines) is 1. The molecule has 0 spiro atoms. The van der Waals surface area contributed by atoms with E-state index in [0.29, 0.717) is 13.1 Å². The maximum Gasteiger partial charge on any atom is 0.263 e. The Balaban J connectivity index is 1.97. The summed E-state index contributed by atoms with van der Waals surface area (Å²) < 4.78 is 5.70. The van der Waals surface area contributed by atoms with Crippen LogP contribution >= 0.6 is 0 Å². The zero-order valence-corrected chi connectivity index (χ0v) is 12.5. The van der Waals surface area contributed by atoms with Gasteiger partial charge in [0.2, 0.25) is 0 Å². The molecule has 1 amide bonds. The van der Waals surface area contributed by atoms with E-state index in [4.69, 9.17) is 10.5 Å². The summed E-state index contributed by atoms with van der Waals surface area (Å²) in [7, 11) is 0. The minimum atomic E-state index is -0.470. The molecular weight excluding hydrogens is 252 g/mol. The van der Waals surface area contributed by atoms with Gasteiger partial charge in [0.05, 0.1) is 0 Å². The third-order valence-electron chi connectivity index (χ3n) is 4.03. The summed E-state index contributed by atoms with van der Waals surface area (Å²) in [6, 6.07) is 9.59. The van der Waals surface area contributed by atoms with Crippen LogP contribution in [0.25, 0.3) is 0 Å². The first-order valence-electron chi connectivity index (χ1n) is 7.16. The lowest BCUT2D eigenvalue weighted by Crippen LogP contribution is -2.56. The maximum atomic E-state index is 12.5. The molecule has 0 aromatic heterocycles. The second kappa shape index (κ2) is 5.83. The van der Waals surface area contributed by atoms with Gasteiger partial charge in [0, 0.05) is 19.1 Å². The quantitative estimate of drug-likeness (QED) is 0.919. The van der Waals surface area contributed by atoms with Crippen molar-refractivity contribution in [3.05, 3.63) is 30.3 Å². The monoisotopic (exact) mass is 276 g/mol. The largest absolute Gasteiger partial charge is 0.481 e. The number of nitrogens with two attached hydrogens (primary N) is 1. The van der Waals surface area contributed by atoms with E-state index in [9.17, 15) is 4.79 Å². The Kier molecular flexibility index (Phi) is 4.33. The van der Waals surface area contributed by atoms with Crippen LogP contribution in [0.2, 0.25) is 0 Å². The molecular formula is C16H24N2O2. The van der Waals surface area contributed by atoms with Crippen LogP contribution in [-0.4, -0.2) is 36.0 Å². The minimum absolute atomic E-state index is 0.0360. The fourth-order valence-corrected chi connectivity index (χ4v) is 2.57. The standard InChI is InChI=1S/C16H24N2O2/c1-12(20-13-7-5-4-6-8-13)15(19)18-10-9-14(17)16(2,3)11-18/h4-8,12,14H,9-11,17H2,1-3H3. The Hall–Kier alpha value is -1.55. The van der Waals surface area contributed by atoms with Crippen molar-refractivity contribution in [2.75, 3.05) is 13.1 Å². The summed E-state index contributed by atoms with van der Waals surface area (Å²) in [5.74, 6) is 0.759. The molecule has 1 aromatic carbocycles. The SMILES string of the molecule is CC(Oc1ccccc1)C(=O)N1CCC(N)C(C)(C)C1. The van der Waals surface area contributed by atoms with Crippen molar-refractivity contribution in [3.63, 3.8) is 0 Å². The van der Waals surface area contributed by atoms with Gasteiger partial charge in [0.25, 0.3) is 5.91 Å². The van der Waals surface area contributed by atoms with Crippen LogP contribution in [0.15, 0.2) is 30.3 Å². The number of hydrogen-bond acceptors (Lipinski definition) is 3.